The Hall–Kier alpha value is -1.64. The number of carbonyl (C=O) groups is 2. The third-order valence-electron chi connectivity index (χ3n) is 1.84. The van der Waals surface area contributed by atoms with E-state index in [-0.39, 0.29) is 16.5 Å². The number of anilines is 1. The molecule has 1 aromatic heterocycles. The van der Waals surface area contributed by atoms with Crippen molar-refractivity contribution in [3.8, 4) is 0 Å². The van der Waals surface area contributed by atoms with Gasteiger partial charge in [0.05, 0.1) is 0 Å². The molecule has 0 unspecified atom stereocenters. The van der Waals surface area contributed by atoms with Crippen LogP contribution in [0.1, 0.15) is 29.2 Å². The highest BCUT2D eigenvalue weighted by atomic mass is 32.1. The first-order chi connectivity index (χ1) is 8.12. The number of aromatic carboxylic acids is 1. The van der Waals surface area contributed by atoms with Crippen LogP contribution < -0.4 is 5.32 Å². The van der Waals surface area contributed by atoms with Crippen LogP contribution >= 0.6 is 11.3 Å². The molecule has 100 valence electrons. The standard InChI is InChI=1S/C9H9F3N2O3S/c1-3(2)6(15)14-8-13-5(9(10,11)12)4(18-8)7(16)17/h3H,1-2H3,(H,16,17)(H,13,14,15). The van der Waals surface area contributed by atoms with E-state index in [4.69, 9.17) is 5.11 Å². The minimum Gasteiger partial charge on any atom is -0.477 e. The van der Waals surface area contributed by atoms with E-state index < -0.39 is 34.5 Å². The lowest BCUT2D eigenvalue weighted by molar-refractivity contribution is -0.141. The molecule has 18 heavy (non-hydrogen) atoms. The second-order valence-corrected chi connectivity index (χ2v) is 4.64. The Bertz CT molecular complexity index is 482. The summed E-state index contributed by atoms with van der Waals surface area (Å²) in [6, 6.07) is 0. The van der Waals surface area contributed by atoms with Gasteiger partial charge in [0.1, 0.15) is 4.88 Å². The third-order valence-corrected chi connectivity index (χ3v) is 2.80. The number of aromatic nitrogens is 1. The van der Waals surface area contributed by atoms with Crippen LogP contribution in [0.3, 0.4) is 0 Å². The van der Waals surface area contributed by atoms with Crippen LogP contribution in [0, 0.1) is 5.92 Å². The number of nitrogens with zero attached hydrogens (tertiary/aromatic N) is 1. The summed E-state index contributed by atoms with van der Waals surface area (Å²) in [5.41, 5.74) is -1.50. The molecule has 1 rings (SSSR count). The lowest BCUT2D eigenvalue weighted by atomic mass is 10.2. The number of carboxylic acids is 1. The van der Waals surface area contributed by atoms with Crippen molar-refractivity contribution in [2.75, 3.05) is 5.32 Å². The first-order valence-corrected chi connectivity index (χ1v) is 5.56. The van der Waals surface area contributed by atoms with Crippen molar-refractivity contribution in [2.24, 2.45) is 5.92 Å². The molecule has 0 bridgehead atoms. The highest BCUT2D eigenvalue weighted by Crippen LogP contribution is 2.36. The summed E-state index contributed by atoms with van der Waals surface area (Å²) in [6.45, 7) is 3.09. The van der Waals surface area contributed by atoms with Crippen LogP contribution in [0.15, 0.2) is 0 Å². The van der Waals surface area contributed by atoms with Gasteiger partial charge in [0.25, 0.3) is 0 Å². The summed E-state index contributed by atoms with van der Waals surface area (Å²) < 4.78 is 37.5. The second-order valence-electron chi connectivity index (χ2n) is 3.64. The van der Waals surface area contributed by atoms with Crippen molar-refractivity contribution in [3.63, 3.8) is 0 Å². The lowest BCUT2D eigenvalue weighted by Crippen LogP contribution is -2.18. The van der Waals surface area contributed by atoms with Crippen LogP contribution in [0.5, 0.6) is 0 Å². The Balaban J connectivity index is 3.11. The number of halogens is 3. The first-order valence-electron chi connectivity index (χ1n) is 4.75. The van der Waals surface area contributed by atoms with E-state index >= 15 is 0 Å². The van der Waals surface area contributed by atoms with Gasteiger partial charge in [0, 0.05) is 5.92 Å². The fourth-order valence-corrected chi connectivity index (χ4v) is 1.79. The van der Waals surface area contributed by atoms with Gasteiger partial charge in [0.2, 0.25) is 5.91 Å². The van der Waals surface area contributed by atoms with Crippen molar-refractivity contribution in [3.05, 3.63) is 10.6 Å². The summed E-state index contributed by atoms with van der Waals surface area (Å²) in [7, 11) is 0. The molecular formula is C9H9F3N2O3S. The highest BCUT2D eigenvalue weighted by molar-refractivity contribution is 7.17. The van der Waals surface area contributed by atoms with Gasteiger partial charge in [-0.1, -0.05) is 25.2 Å². The van der Waals surface area contributed by atoms with E-state index in [0.29, 0.717) is 0 Å². The Morgan fingerprint density at radius 1 is 1.39 bits per heavy atom. The first kappa shape index (κ1) is 14.4. The molecule has 0 aliphatic rings. The molecule has 0 fully saturated rings. The van der Waals surface area contributed by atoms with E-state index in [1.54, 1.807) is 13.8 Å². The highest BCUT2D eigenvalue weighted by Gasteiger charge is 2.40. The van der Waals surface area contributed by atoms with E-state index in [1.165, 1.54) is 0 Å². The number of hydrogen-bond donors (Lipinski definition) is 2. The van der Waals surface area contributed by atoms with E-state index in [1.807, 2.05) is 0 Å². The fraction of sp³-hybridized carbons (Fsp3) is 0.444. The van der Waals surface area contributed by atoms with Gasteiger partial charge in [0.15, 0.2) is 10.8 Å². The smallest absolute Gasteiger partial charge is 0.435 e. The average molecular weight is 282 g/mol. The molecule has 0 saturated heterocycles. The molecule has 0 aliphatic heterocycles. The van der Waals surface area contributed by atoms with Gasteiger partial charge >= 0.3 is 12.1 Å². The number of thiazole rings is 1. The number of carbonyl (C=O) groups excluding carboxylic acids is 1. The average Bonchev–Trinajstić information content (AvgIpc) is 2.60. The number of hydrogen-bond acceptors (Lipinski definition) is 4. The predicted molar refractivity (Wildman–Crippen MR) is 57.5 cm³/mol. The monoisotopic (exact) mass is 282 g/mol. The molecule has 0 aliphatic carbocycles. The summed E-state index contributed by atoms with van der Waals surface area (Å²) in [6.07, 6.45) is -4.87. The van der Waals surface area contributed by atoms with Gasteiger partial charge in [-0.3, -0.25) is 4.79 Å². The Kier molecular flexibility index (Phi) is 3.95. The minimum absolute atomic E-state index is 0.278. The van der Waals surface area contributed by atoms with Crippen molar-refractivity contribution < 1.29 is 27.9 Å². The maximum absolute atomic E-state index is 12.5. The molecular weight excluding hydrogens is 273 g/mol. The third kappa shape index (κ3) is 3.19. The lowest BCUT2D eigenvalue weighted by Gasteiger charge is -2.04. The maximum Gasteiger partial charge on any atom is 0.435 e. The molecule has 1 amide bonds. The Morgan fingerprint density at radius 2 is 1.94 bits per heavy atom. The van der Waals surface area contributed by atoms with Crippen LogP contribution in [-0.4, -0.2) is 22.0 Å². The van der Waals surface area contributed by atoms with Gasteiger partial charge in [-0.25, -0.2) is 9.78 Å². The number of nitrogens with one attached hydrogen (secondary N) is 1. The van der Waals surface area contributed by atoms with Crippen molar-refractivity contribution in [1.82, 2.24) is 4.98 Å². The normalized spacial score (nSPS) is 11.7. The summed E-state index contributed by atoms with van der Waals surface area (Å²) in [4.78, 5) is 24.1. The zero-order valence-electron chi connectivity index (χ0n) is 9.33. The quantitative estimate of drug-likeness (QED) is 0.892. The molecule has 2 N–H and O–H groups in total. The minimum atomic E-state index is -4.87. The molecule has 1 heterocycles. The van der Waals surface area contributed by atoms with E-state index in [0.717, 1.165) is 0 Å². The molecule has 0 spiro atoms. The van der Waals surface area contributed by atoms with E-state index in [2.05, 4.69) is 10.3 Å². The van der Waals surface area contributed by atoms with E-state index in [9.17, 15) is 22.8 Å². The molecule has 0 atom stereocenters. The zero-order chi connectivity index (χ0) is 14.1. The second kappa shape index (κ2) is 4.92. The molecule has 5 nitrogen and oxygen atoms in total. The van der Waals surface area contributed by atoms with Gasteiger partial charge in [-0.05, 0) is 0 Å². The Labute approximate surface area is 104 Å². The van der Waals surface area contributed by atoms with Gasteiger partial charge < -0.3 is 10.4 Å². The number of alkyl halides is 3. The summed E-state index contributed by atoms with van der Waals surface area (Å²) in [5, 5.41) is 10.4. The summed E-state index contributed by atoms with van der Waals surface area (Å²) in [5.74, 6) is -2.71. The van der Waals surface area contributed by atoms with Crippen LogP contribution in [0.4, 0.5) is 18.3 Å². The van der Waals surface area contributed by atoms with Crippen molar-refractivity contribution in [2.45, 2.75) is 20.0 Å². The van der Waals surface area contributed by atoms with Gasteiger partial charge in [-0.2, -0.15) is 13.2 Å². The number of rotatable bonds is 3. The Morgan fingerprint density at radius 3 is 2.28 bits per heavy atom. The van der Waals surface area contributed by atoms with Crippen LogP contribution in [0.2, 0.25) is 0 Å². The fourth-order valence-electron chi connectivity index (χ4n) is 0.960. The molecule has 0 radical (unpaired) electrons. The maximum atomic E-state index is 12.5. The number of amides is 1. The largest absolute Gasteiger partial charge is 0.477 e. The SMILES string of the molecule is CC(C)C(=O)Nc1nc(C(F)(F)F)c(C(=O)O)s1. The number of carboxylic acid groups (broad SMARTS) is 1. The van der Waals surface area contributed by atoms with Crippen LogP contribution in [-0.2, 0) is 11.0 Å². The van der Waals surface area contributed by atoms with Crippen molar-refractivity contribution in [1.29, 1.82) is 0 Å². The summed E-state index contributed by atoms with van der Waals surface area (Å²) >= 11 is 0.278. The predicted octanol–water partition coefficient (Wildman–Crippen LogP) is 2.45. The molecule has 9 heteroatoms. The van der Waals surface area contributed by atoms with Crippen LogP contribution in [0.25, 0.3) is 0 Å². The molecule has 0 saturated carbocycles. The molecule has 0 aromatic carbocycles. The van der Waals surface area contributed by atoms with Crippen molar-refractivity contribution >= 4 is 28.3 Å². The molecule has 1 aromatic rings. The zero-order valence-corrected chi connectivity index (χ0v) is 10.1. The topological polar surface area (TPSA) is 79.3 Å². The van der Waals surface area contributed by atoms with Gasteiger partial charge in [-0.15, -0.1) is 0 Å².